The van der Waals surface area contributed by atoms with Gasteiger partial charge in [0.2, 0.25) is 5.91 Å². The third-order valence-corrected chi connectivity index (χ3v) is 5.13. The zero-order valence-corrected chi connectivity index (χ0v) is 20.0. The van der Waals surface area contributed by atoms with Gasteiger partial charge in [0.05, 0.1) is 23.0 Å². The van der Waals surface area contributed by atoms with Crippen LogP contribution in [0, 0.1) is 11.3 Å². The van der Waals surface area contributed by atoms with Crippen molar-refractivity contribution in [2.75, 3.05) is 23.7 Å². The van der Waals surface area contributed by atoms with E-state index < -0.39 is 0 Å². The molecule has 2 aromatic carbocycles. The molecule has 34 heavy (non-hydrogen) atoms. The first-order chi connectivity index (χ1) is 16.2. The molecule has 0 spiro atoms. The number of para-hydroxylation sites is 1. The molecule has 176 valence electrons. The van der Waals surface area contributed by atoms with Crippen LogP contribution in [-0.2, 0) is 10.2 Å². The van der Waals surface area contributed by atoms with Gasteiger partial charge in [-0.2, -0.15) is 10.4 Å². The molecular weight excluding hydrogens is 428 g/mol. The number of amides is 3. The Hall–Kier alpha value is -4.12. The summed E-state index contributed by atoms with van der Waals surface area (Å²) in [5.41, 5.74) is 2.54. The zero-order chi connectivity index (χ0) is 24.7. The maximum absolute atomic E-state index is 13.0. The average Bonchev–Trinajstić information content (AvgIpc) is 3.24. The van der Waals surface area contributed by atoms with Gasteiger partial charge in [-0.25, -0.2) is 9.48 Å². The standard InChI is InChI=1S/C26H30N6O2/c1-5-15-31(25(34)28-20-13-11-19(17-27)12-14-20)18-24(33)29-23-16-22(26(2,3)4)30-32(23)21-9-7-6-8-10-21/h6-14,16H,5,15,18H2,1-4H3,(H,28,34)(H,29,33). The first-order valence-electron chi connectivity index (χ1n) is 11.2. The lowest BCUT2D eigenvalue weighted by atomic mass is 9.92. The highest BCUT2D eigenvalue weighted by Crippen LogP contribution is 2.26. The Morgan fingerprint density at radius 1 is 1.06 bits per heavy atom. The lowest BCUT2D eigenvalue weighted by Crippen LogP contribution is -2.41. The van der Waals surface area contributed by atoms with Crippen molar-refractivity contribution in [3.8, 4) is 11.8 Å². The number of urea groups is 1. The molecule has 0 bridgehead atoms. The van der Waals surface area contributed by atoms with Crippen LogP contribution in [0.15, 0.2) is 60.7 Å². The molecule has 0 saturated heterocycles. The van der Waals surface area contributed by atoms with E-state index in [1.54, 1.807) is 28.9 Å². The predicted octanol–water partition coefficient (Wildman–Crippen LogP) is 4.92. The molecule has 8 heteroatoms. The second kappa shape index (κ2) is 10.7. The van der Waals surface area contributed by atoms with E-state index in [1.165, 1.54) is 4.90 Å². The number of aromatic nitrogens is 2. The third kappa shape index (κ3) is 6.23. The summed E-state index contributed by atoms with van der Waals surface area (Å²) >= 11 is 0. The van der Waals surface area contributed by atoms with Gasteiger partial charge in [0, 0.05) is 23.7 Å². The van der Waals surface area contributed by atoms with Gasteiger partial charge in [-0.1, -0.05) is 45.9 Å². The summed E-state index contributed by atoms with van der Waals surface area (Å²) in [4.78, 5) is 27.3. The van der Waals surface area contributed by atoms with Crippen molar-refractivity contribution in [1.29, 1.82) is 5.26 Å². The monoisotopic (exact) mass is 458 g/mol. The van der Waals surface area contributed by atoms with Crippen molar-refractivity contribution in [2.45, 2.75) is 39.5 Å². The van der Waals surface area contributed by atoms with Gasteiger partial charge in [-0.05, 0) is 42.8 Å². The Morgan fingerprint density at radius 2 is 1.74 bits per heavy atom. The van der Waals surface area contributed by atoms with Crippen LogP contribution in [0.5, 0.6) is 0 Å². The summed E-state index contributed by atoms with van der Waals surface area (Å²) in [5.74, 6) is 0.228. The highest BCUT2D eigenvalue weighted by molar-refractivity contribution is 5.96. The van der Waals surface area contributed by atoms with Gasteiger partial charge in [-0.15, -0.1) is 0 Å². The van der Waals surface area contributed by atoms with Crippen molar-refractivity contribution in [1.82, 2.24) is 14.7 Å². The molecule has 0 fully saturated rings. The molecule has 0 saturated carbocycles. The summed E-state index contributed by atoms with van der Waals surface area (Å²) in [7, 11) is 0. The lowest BCUT2D eigenvalue weighted by Gasteiger charge is -2.22. The Bertz CT molecular complexity index is 1170. The number of benzene rings is 2. The Morgan fingerprint density at radius 3 is 2.32 bits per heavy atom. The fourth-order valence-corrected chi connectivity index (χ4v) is 3.31. The average molecular weight is 459 g/mol. The van der Waals surface area contributed by atoms with Crippen molar-refractivity contribution in [3.05, 3.63) is 71.9 Å². The first kappa shape index (κ1) is 24.5. The second-order valence-electron chi connectivity index (χ2n) is 9.00. The van der Waals surface area contributed by atoms with E-state index in [1.807, 2.05) is 49.4 Å². The van der Waals surface area contributed by atoms with Crippen LogP contribution in [-0.4, -0.2) is 39.7 Å². The molecule has 0 radical (unpaired) electrons. The molecule has 2 N–H and O–H groups in total. The molecule has 1 aromatic heterocycles. The van der Waals surface area contributed by atoms with E-state index in [0.717, 1.165) is 11.4 Å². The summed E-state index contributed by atoms with van der Waals surface area (Å²) in [6, 6.07) is 19.7. The van der Waals surface area contributed by atoms with E-state index in [9.17, 15) is 9.59 Å². The molecule has 8 nitrogen and oxygen atoms in total. The van der Waals surface area contributed by atoms with Gasteiger partial charge in [0.25, 0.3) is 0 Å². The highest BCUT2D eigenvalue weighted by atomic mass is 16.2. The number of nitrogens with zero attached hydrogens (tertiary/aromatic N) is 4. The molecular formula is C26H30N6O2. The largest absolute Gasteiger partial charge is 0.322 e. The van der Waals surface area contributed by atoms with Crippen LogP contribution in [0.3, 0.4) is 0 Å². The van der Waals surface area contributed by atoms with Gasteiger partial charge < -0.3 is 15.5 Å². The molecule has 3 aromatic rings. The van der Waals surface area contributed by atoms with E-state index in [-0.39, 0.29) is 23.9 Å². The van der Waals surface area contributed by atoms with Crippen molar-refractivity contribution in [2.24, 2.45) is 0 Å². The molecule has 3 amide bonds. The topological polar surface area (TPSA) is 103 Å². The quantitative estimate of drug-likeness (QED) is 0.524. The fraction of sp³-hybridized carbons (Fsp3) is 0.308. The minimum atomic E-state index is -0.381. The second-order valence-corrected chi connectivity index (χ2v) is 9.00. The van der Waals surface area contributed by atoms with Crippen LogP contribution in [0.2, 0.25) is 0 Å². The van der Waals surface area contributed by atoms with Crippen LogP contribution in [0.25, 0.3) is 5.69 Å². The number of nitrogens with one attached hydrogen (secondary N) is 2. The van der Waals surface area contributed by atoms with Gasteiger partial charge in [0.15, 0.2) is 0 Å². The van der Waals surface area contributed by atoms with Crippen molar-refractivity contribution in [3.63, 3.8) is 0 Å². The summed E-state index contributed by atoms with van der Waals surface area (Å²) < 4.78 is 1.71. The van der Waals surface area contributed by atoms with E-state index >= 15 is 0 Å². The number of carbonyl (C=O) groups is 2. The number of rotatable bonds is 7. The van der Waals surface area contributed by atoms with E-state index in [4.69, 9.17) is 10.4 Å². The van der Waals surface area contributed by atoms with Crippen molar-refractivity contribution >= 4 is 23.4 Å². The number of anilines is 2. The van der Waals surface area contributed by atoms with Gasteiger partial charge in [0.1, 0.15) is 12.4 Å². The lowest BCUT2D eigenvalue weighted by molar-refractivity contribution is -0.116. The fourth-order valence-electron chi connectivity index (χ4n) is 3.31. The molecule has 0 aliphatic heterocycles. The number of hydrogen-bond acceptors (Lipinski definition) is 4. The molecule has 3 rings (SSSR count). The Kier molecular flexibility index (Phi) is 7.69. The summed E-state index contributed by atoms with van der Waals surface area (Å²) in [5, 5.41) is 19.4. The minimum absolute atomic E-state index is 0.110. The smallest absolute Gasteiger partial charge is 0.315 e. The molecule has 0 aliphatic carbocycles. The number of hydrogen-bond donors (Lipinski definition) is 2. The van der Waals surface area contributed by atoms with E-state index in [2.05, 4.69) is 31.4 Å². The van der Waals surface area contributed by atoms with Gasteiger partial charge in [-0.3, -0.25) is 4.79 Å². The minimum Gasteiger partial charge on any atom is -0.315 e. The van der Waals surface area contributed by atoms with Crippen LogP contribution in [0.1, 0.15) is 45.4 Å². The highest BCUT2D eigenvalue weighted by Gasteiger charge is 2.23. The third-order valence-electron chi connectivity index (χ3n) is 5.13. The normalized spacial score (nSPS) is 10.9. The zero-order valence-electron chi connectivity index (χ0n) is 20.0. The summed E-state index contributed by atoms with van der Waals surface area (Å²) in [6.07, 6.45) is 0.699. The Labute approximate surface area is 200 Å². The molecule has 1 heterocycles. The molecule has 0 aliphatic rings. The van der Waals surface area contributed by atoms with Gasteiger partial charge >= 0.3 is 6.03 Å². The van der Waals surface area contributed by atoms with E-state index in [0.29, 0.717) is 30.0 Å². The van der Waals surface area contributed by atoms with Crippen LogP contribution >= 0.6 is 0 Å². The summed E-state index contributed by atoms with van der Waals surface area (Å²) in [6.45, 7) is 8.44. The van der Waals surface area contributed by atoms with Crippen molar-refractivity contribution < 1.29 is 9.59 Å². The molecule has 0 unspecified atom stereocenters. The maximum atomic E-state index is 13.0. The number of carbonyl (C=O) groups excluding carboxylic acids is 2. The SMILES string of the molecule is CCCN(CC(=O)Nc1cc(C(C)(C)C)nn1-c1ccccc1)C(=O)Nc1ccc(C#N)cc1. The number of nitriles is 1. The Balaban J connectivity index is 1.76. The maximum Gasteiger partial charge on any atom is 0.322 e. The first-order valence-corrected chi connectivity index (χ1v) is 11.2. The van der Waals surface area contributed by atoms with Crippen LogP contribution in [0.4, 0.5) is 16.3 Å². The van der Waals surface area contributed by atoms with Crippen LogP contribution < -0.4 is 10.6 Å². The predicted molar refractivity (Wildman–Crippen MR) is 133 cm³/mol. The molecule has 0 atom stereocenters.